The zero-order chi connectivity index (χ0) is 16.2. The highest BCUT2D eigenvalue weighted by atomic mass is 16.6. The number of rotatable bonds is 2. The molecule has 22 heavy (non-hydrogen) atoms. The van der Waals surface area contributed by atoms with E-state index in [1.54, 1.807) is 4.90 Å². The van der Waals surface area contributed by atoms with Crippen LogP contribution in [0.3, 0.4) is 0 Å². The second kappa shape index (κ2) is 6.69. The van der Waals surface area contributed by atoms with Crippen LogP contribution in [-0.2, 0) is 11.3 Å². The molecule has 0 bridgehead atoms. The van der Waals surface area contributed by atoms with Crippen LogP contribution in [0.15, 0.2) is 24.3 Å². The largest absolute Gasteiger partial charge is 0.444 e. The van der Waals surface area contributed by atoms with Gasteiger partial charge in [0, 0.05) is 37.4 Å². The highest BCUT2D eigenvalue weighted by Gasteiger charge is 2.25. The number of piperazine rings is 1. The molecule has 118 valence electrons. The molecular formula is C17H23N3O2. The fourth-order valence-electron chi connectivity index (χ4n) is 2.38. The summed E-state index contributed by atoms with van der Waals surface area (Å²) in [5, 5.41) is 0. The van der Waals surface area contributed by atoms with E-state index in [0.717, 1.165) is 24.3 Å². The van der Waals surface area contributed by atoms with Gasteiger partial charge < -0.3 is 19.4 Å². The summed E-state index contributed by atoms with van der Waals surface area (Å²) in [6, 6.07) is 8.08. The molecule has 1 saturated heterocycles. The first-order valence-electron chi connectivity index (χ1n) is 7.54. The van der Waals surface area contributed by atoms with Crippen LogP contribution < -0.4 is 4.90 Å². The molecule has 0 N–H and O–H groups in total. The van der Waals surface area contributed by atoms with E-state index in [2.05, 4.69) is 9.74 Å². The van der Waals surface area contributed by atoms with Crippen molar-refractivity contribution in [3.05, 3.63) is 41.2 Å². The second-order valence-electron chi connectivity index (χ2n) is 6.44. The van der Waals surface area contributed by atoms with Crippen molar-refractivity contribution in [2.24, 2.45) is 0 Å². The Kier molecular flexibility index (Phi) is 4.92. The highest BCUT2D eigenvalue weighted by Crippen LogP contribution is 2.19. The summed E-state index contributed by atoms with van der Waals surface area (Å²) < 4.78 is 5.40. The first-order chi connectivity index (χ1) is 10.4. The second-order valence-corrected chi connectivity index (χ2v) is 6.44. The summed E-state index contributed by atoms with van der Waals surface area (Å²) >= 11 is 0. The molecule has 0 saturated carbocycles. The monoisotopic (exact) mass is 301 g/mol. The quantitative estimate of drug-likeness (QED) is 0.787. The van der Waals surface area contributed by atoms with Crippen molar-refractivity contribution in [1.82, 2.24) is 4.90 Å². The Morgan fingerprint density at radius 1 is 1.18 bits per heavy atom. The van der Waals surface area contributed by atoms with Crippen molar-refractivity contribution in [3.63, 3.8) is 0 Å². The minimum Gasteiger partial charge on any atom is -0.444 e. The first kappa shape index (κ1) is 16.2. The number of carbonyl (C=O) groups is 1. The molecule has 0 aliphatic carbocycles. The molecule has 1 amide bonds. The average Bonchev–Trinajstić information content (AvgIpc) is 2.47. The Bertz CT molecular complexity index is 547. The molecule has 0 unspecified atom stereocenters. The van der Waals surface area contributed by atoms with Crippen LogP contribution in [0, 0.1) is 6.57 Å². The Morgan fingerprint density at radius 2 is 1.77 bits per heavy atom. The maximum atomic E-state index is 12.0. The fourth-order valence-corrected chi connectivity index (χ4v) is 2.38. The average molecular weight is 301 g/mol. The van der Waals surface area contributed by atoms with Gasteiger partial charge in [0.05, 0.1) is 0 Å². The van der Waals surface area contributed by atoms with Crippen molar-refractivity contribution in [1.29, 1.82) is 0 Å². The Morgan fingerprint density at radius 3 is 2.27 bits per heavy atom. The molecule has 1 aliphatic rings. The summed E-state index contributed by atoms with van der Waals surface area (Å²) in [5.74, 6) is 0. The molecule has 1 fully saturated rings. The number of anilines is 1. The molecule has 0 radical (unpaired) electrons. The molecule has 0 atom stereocenters. The van der Waals surface area contributed by atoms with Gasteiger partial charge in [0.15, 0.2) is 0 Å². The number of carbonyl (C=O) groups excluding carboxylic acids is 1. The van der Waals surface area contributed by atoms with Crippen LogP contribution in [0.5, 0.6) is 0 Å². The summed E-state index contributed by atoms with van der Waals surface area (Å²) in [4.78, 5) is 19.4. The molecule has 2 rings (SSSR count). The van der Waals surface area contributed by atoms with E-state index in [4.69, 9.17) is 11.3 Å². The minimum atomic E-state index is -0.451. The zero-order valence-corrected chi connectivity index (χ0v) is 13.5. The highest BCUT2D eigenvalue weighted by molar-refractivity contribution is 5.68. The van der Waals surface area contributed by atoms with E-state index < -0.39 is 5.60 Å². The van der Waals surface area contributed by atoms with Gasteiger partial charge in [0.1, 0.15) is 5.60 Å². The predicted molar refractivity (Wildman–Crippen MR) is 86.8 cm³/mol. The number of amides is 1. The van der Waals surface area contributed by atoms with E-state index in [1.165, 1.54) is 0 Å². The molecule has 5 nitrogen and oxygen atoms in total. The lowest BCUT2D eigenvalue weighted by Gasteiger charge is -2.36. The molecule has 0 aromatic heterocycles. The maximum absolute atomic E-state index is 12.0. The van der Waals surface area contributed by atoms with Crippen molar-refractivity contribution in [3.8, 4) is 0 Å². The number of benzene rings is 1. The van der Waals surface area contributed by atoms with Gasteiger partial charge in [0.2, 0.25) is 6.54 Å². The van der Waals surface area contributed by atoms with Crippen molar-refractivity contribution >= 4 is 11.8 Å². The molecule has 1 heterocycles. The van der Waals surface area contributed by atoms with Gasteiger partial charge in [-0.3, -0.25) is 0 Å². The zero-order valence-electron chi connectivity index (χ0n) is 13.5. The standard InChI is InChI=1S/C17H23N3O2/c1-17(2,3)22-16(21)20-11-9-19(10-12-20)15-7-5-14(6-8-15)13-18-4/h5-8H,9-13H2,1-3H3. The van der Waals surface area contributed by atoms with Crippen LogP contribution in [0.25, 0.3) is 4.85 Å². The van der Waals surface area contributed by atoms with E-state index in [1.807, 2.05) is 45.0 Å². The van der Waals surface area contributed by atoms with Gasteiger partial charge >= 0.3 is 6.09 Å². The molecule has 1 aromatic carbocycles. The van der Waals surface area contributed by atoms with E-state index in [9.17, 15) is 4.79 Å². The van der Waals surface area contributed by atoms with Gasteiger partial charge in [-0.15, -0.1) is 0 Å². The van der Waals surface area contributed by atoms with E-state index in [-0.39, 0.29) is 6.09 Å². The van der Waals surface area contributed by atoms with Gasteiger partial charge in [-0.1, -0.05) is 0 Å². The third kappa shape index (κ3) is 4.39. The number of nitrogens with zero attached hydrogens (tertiary/aromatic N) is 3. The Hall–Kier alpha value is -2.22. The minimum absolute atomic E-state index is 0.237. The third-order valence-corrected chi connectivity index (χ3v) is 3.49. The molecular weight excluding hydrogens is 278 g/mol. The molecule has 1 aliphatic heterocycles. The normalized spacial score (nSPS) is 15.4. The van der Waals surface area contributed by atoms with Crippen molar-refractivity contribution in [2.45, 2.75) is 32.9 Å². The molecule has 5 heteroatoms. The van der Waals surface area contributed by atoms with Crippen LogP contribution in [0.1, 0.15) is 26.3 Å². The lowest BCUT2D eigenvalue weighted by molar-refractivity contribution is 0.0240. The van der Waals surface area contributed by atoms with Crippen LogP contribution in [-0.4, -0.2) is 42.8 Å². The van der Waals surface area contributed by atoms with Gasteiger partial charge in [-0.2, -0.15) is 0 Å². The van der Waals surface area contributed by atoms with Gasteiger partial charge in [0.25, 0.3) is 0 Å². The Labute approximate surface area is 132 Å². The fraction of sp³-hybridized carbons (Fsp3) is 0.529. The lowest BCUT2D eigenvalue weighted by Crippen LogP contribution is -2.50. The van der Waals surface area contributed by atoms with Gasteiger partial charge in [-0.25, -0.2) is 11.4 Å². The first-order valence-corrected chi connectivity index (χ1v) is 7.54. The summed E-state index contributed by atoms with van der Waals surface area (Å²) in [5.41, 5.74) is 1.72. The summed E-state index contributed by atoms with van der Waals surface area (Å²) in [6.45, 7) is 15.9. The number of hydrogen-bond donors (Lipinski definition) is 0. The summed E-state index contributed by atoms with van der Waals surface area (Å²) in [7, 11) is 0. The van der Waals surface area contributed by atoms with E-state index >= 15 is 0 Å². The SMILES string of the molecule is [C-]#[N+]Cc1ccc(N2CCN(C(=O)OC(C)(C)C)CC2)cc1. The maximum Gasteiger partial charge on any atom is 0.410 e. The lowest BCUT2D eigenvalue weighted by atomic mass is 10.2. The smallest absolute Gasteiger partial charge is 0.410 e. The van der Waals surface area contributed by atoms with E-state index in [0.29, 0.717) is 19.6 Å². The topological polar surface area (TPSA) is 37.1 Å². The Balaban J connectivity index is 1.89. The van der Waals surface area contributed by atoms with Gasteiger partial charge in [-0.05, 0) is 45.0 Å². The summed E-state index contributed by atoms with van der Waals surface area (Å²) in [6.07, 6.45) is -0.237. The molecule has 0 spiro atoms. The van der Waals surface area contributed by atoms with Crippen molar-refractivity contribution < 1.29 is 9.53 Å². The van der Waals surface area contributed by atoms with Crippen LogP contribution >= 0.6 is 0 Å². The number of ether oxygens (including phenoxy) is 1. The number of hydrogen-bond acceptors (Lipinski definition) is 3. The van der Waals surface area contributed by atoms with Crippen molar-refractivity contribution in [2.75, 3.05) is 31.1 Å². The van der Waals surface area contributed by atoms with Crippen LogP contribution in [0.4, 0.5) is 10.5 Å². The van der Waals surface area contributed by atoms with Crippen LogP contribution in [0.2, 0.25) is 0 Å². The third-order valence-electron chi connectivity index (χ3n) is 3.49. The predicted octanol–water partition coefficient (Wildman–Crippen LogP) is 3.16. The molecule has 1 aromatic rings.